The summed E-state index contributed by atoms with van der Waals surface area (Å²) >= 11 is 0. The topological polar surface area (TPSA) is 48.1 Å². The third-order valence-electron chi connectivity index (χ3n) is 5.66. The molecule has 0 spiro atoms. The van der Waals surface area contributed by atoms with Gasteiger partial charge in [0.1, 0.15) is 0 Å². The van der Waals surface area contributed by atoms with Gasteiger partial charge in [0.2, 0.25) is 0 Å². The molecule has 1 fully saturated rings. The van der Waals surface area contributed by atoms with E-state index in [2.05, 4.69) is 46.4 Å². The van der Waals surface area contributed by atoms with Crippen LogP contribution in [0.1, 0.15) is 34.5 Å². The van der Waals surface area contributed by atoms with E-state index in [4.69, 9.17) is 0 Å². The van der Waals surface area contributed by atoms with Crippen LogP contribution >= 0.6 is 0 Å². The number of aromatic amines is 1. The molecule has 1 saturated heterocycles. The Hall–Kier alpha value is -2.59. The summed E-state index contributed by atoms with van der Waals surface area (Å²) in [6, 6.07) is 18.3. The summed E-state index contributed by atoms with van der Waals surface area (Å²) in [5.74, 6) is 0.0449. The van der Waals surface area contributed by atoms with E-state index in [1.54, 1.807) is 0 Å². The summed E-state index contributed by atoms with van der Waals surface area (Å²) in [6.45, 7) is 5.32. The molecule has 27 heavy (non-hydrogen) atoms. The molecule has 0 saturated carbocycles. The van der Waals surface area contributed by atoms with E-state index in [9.17, 15) is 4.79 Å². The zero-order valence-electron chi connectivity index (χ0n) is 15.9. The van der Waals surface area contributed by atoms with E-state index < -0.39 is 0 Å². The van der Waals surface area contributed by atoms with Gasteiger partial charge in [0.25, 0.3) is 5.91 Å². The molecule has 3 aromatic rings. The van der Waals surface area contributed by atoms with Crippen molar-refractivity contribution in [3.63, 3.8) is 0 Å². The molecule has 1 amide bonds. The number of hydrogen-bond donors (Lipinski definition) is 2. The number of benzene rings is 2. The molecular formula is C23H27N3O. The highest BCUT2D eigenvalue weighted by molar-refractivity contribution is 5.94. The highest BCUT2D eigenvalue weighted by atomic mass is 16.1. The fourth-order valence-electron chi connectivity index (χ4n) is 4.09. The number of aryl methyl sites for hydroxylation is 1. The molecule has 2 N–H and O–H groups in total. The zero-order chi connectivity index (χ0) is 18.6. The first-order chi connectivity index (χ1) is 13.2. The van der Waals surface area contributed by atoms with Gasteiger partial charge in [-0.15, -0.1) is 0 Å². The molecule has 0 radical (unpaired) electrons. The van der Waals surface area contributed by atoms with Crippen LogP contribution in [0.15, 0.2) is 54.6 Å². The van der Waals surface area contributed by atoms with Gasteiger partial charge in [-0.3, -0.25) is 4.79 Å². The minimum Gasteiger partial charge on any atom is -0.358 e. The number of piperidine rings is 1. The Labute approximate surface area is 160 Å². The maximum absolute atomic E-state index is 12.3. The summed E-state index contributed by atoms with van der Waals surface area (Å²) in [6.07, 6.45) is 3.10. The number of carbonyl (C=O) groups is 1. The lowest BCUT2D eigenvalue weighted by Crippen LogP contribution is -2.45. The Morgan fingerprint density at radius 3 is 2.56 bits per heavy atom. The van der Waals surface area contributed by atoms with Crippen LogP contribution in [-0.4, -0.2) is 41.5 Å². The second kappa shape index (κ2) is 7.97. The quantitative estimate of drug-likeness (QED) is 0.724. The lowest BCUT2D eigenvalue weighted by Gasteiger charge is -2.32. The van der Waals surface area contributed by atoms with Gasteiger partial charge in [-0.1, -0.05) is 36.4 Å². The normalized spacial score (nSPS) is 15.9. The van der Waals surface area contributed by atoms with E-state index >= 15 is 0 Å². The number of rotatable bonds is 5. The Kier molecular flexibility index (Phi) is 5.26. The number of H-pyrrole nitrogens is 1. The van der Waals surface area contributed by atoms with E-state index in [0.29, 0.717) is 0 Å². The second-order valence-corrected chi connectivity index (χ2v) is 7.48. The number of fused-ring (bicyclic) bond motifs is 1. The number of amides is 1. The number of para-hydroxylation sites is 1. The number of carbonyl (C=O) groups excluding carboxylic acids is 1. The summed E-state index contributed by atoms with van der Waals surface area (Å²) in [4.78, 5) is 18.3. The molecule has 1 aromatic heterocycles. The summed E-state index contributed by atoms with van der Waals surface area (Å²) in [5, 5.41) is 4.54. The first-order valence-corrected chi connectivity index (χ1v) is 9.85. The first-order valence-electron chi connectivity index (χ1n) is 9.85. The van der Waals surface area contributed by atoms with E-state index in [1.807, 2.05) is 30.3 Å². The van der Waals surface area contributed by atoms with Crippen LogP contribution in [0.3, 0.4) is 0 Å². The lowest BCUT2D eigenvalue weighted by molar-refractivity contribution is 0.0911. The third kappa shape index (κ3) is 4.06. The zero-order valence-corrected chi connectivity index (χ0v) is 15.9. The molecule has 4 nitrogen and oxygen atoms in total. The van der Waals surface area contributed by atoms with Crippen molar-refractivity contribution in [2.45, 2.75) is 32.2 Å². The van der Waals surface area contributed by atoms with Crippen molar-refractivity contribution < 1.29 is 4.79 Å². The SMILES string of the molecule is Cc1[nH]c2ccccc2c1CCN1CCC(NC(=O)c2ccccc2)CC1. The highest BCUT2D eigenvalue weighted by Gasteiger charge is 2.21. The van der Waals surface area contributed by atoms with E-state index in [1.165, 1.54) is 22.2 Å². The maximum atomic E-state index is 12.3. The van der Waals surface area contributed by atoms with Crippen molar-refractivity contribution in [2.24, 2.45) is 0 Å². The number of aromatic nitrogens is 1. The number of likely N-dealkylation sites (tertiary alicyclic amines) is 1. The van der Waals surface area contributed by atoms with Gasteiger partial charge in [-0.05, 0) is 49.9 Å². The summed E-state index contributed by atoms with van der Waals surface area (Å²) < 4.78 is 0. The fraction of sp³-hybridized carbons (Fsp3) is 0.348. The minimum atomic E-state index is 0.0449. The second-order valence-electron chi connectivity index (χ2n) is 7.48. The molecule has 0 aliphatic carbocycles. The lowest BCUT2D eigenvalue weighted by atomic mass is 10.0. The molecular weight excluding hydrogens is 334 g/mol. The van der Waals surface area contributed by atoms with Gasteiger partial charge in [0, 0.05) is 47.8 Å². The van der Waals surface area contributed by atoms with Crippen molar-refractivity contribution >= 4 is 16.8 Å². The smallest absolute Gasteiger partial charge is 0.251 e. The monoisotopic (exact) mass is 361 g/mol. The van der Waals surface area contributed by atoms with Gasteiger partial charge < -0.3 is 15.2 Å². The third-order valence-corrected chi connectivity index (χ3v) is 5.66. The van der Waals surface area contributed by atoms with Gasteiger partial charge in [-0.2, -0.15) is 0 Å². The molecule has 4 rings (SSSR count). The molecule has 2 heterocycles. The molecule has 0 bridgehead atoms. The molecule has 4 heteroatoms. The fourth-order valence-corrected chi connectivity index (χ4v) is 4.09. The van der Waals surface area contributed by atoms with Crippen molar-refractivity contribution in [2.75, 3.05) is 19.6 Å². The van der Waals surface area contributed by atoms with Crippen LogP contribution in [0.25, 0.3) is 10.9 Å². The number of nitrogens with zero attached hydrogens (tertiary/aromatic N) is 1. The van der Waals surface area contributed by atoms with Crippen LogP contribution in [0.5, 0.6) is 0 Å². The molecule has 1 aliphatic rings. The van der Waals surface area contributed by atoms with Crippen LogP contribution in [-0.2, 0) is 6.42 Å². The molecule has 140 valence electrons. The van der Waals surface area contributed by atoms with Crippen molar-refractivity contribution in [3.8, 4) is 0 Å². The Morgan fingerprint density at radius 1 is 1.07 bits per heavy atom. The van der Waals surface area contributed by atoms with Gasteiger partial charge in [-0.25, -0.2) is 0 Å². The summed E-state index contributed by atoms with van der Waals surface area (Å²) in [7, 11) is 0. The Bertz CT molecular complexity index is 908. The average molecular weight is 361 g/mol. The molecule has 0 unspecified atom stereocenters. The predicted molar refractivity (Wildman–Crippen MR) is 110 cm³/mol. The average Bonchev–Trinajstić information content (AvgIpc) is 3.03. The Balaban J connectivity index is 1.28. The van der Waals surface area contributed by atoms with Gasteiger partial charge in [0.05, 0.1) is 0 Å². The maximum Gasteiger partial charge on any atom is 0.251 e. The number of hydrogen-bond acceptors (Lipinski definition) is 2. The van der Waals surface area contributed by atoms with Gasteiger partial charge in [0.15, 0.2) is 0 Å². The van der Waals surface area contributed by atoms with E-state index in [-0.39, 0.29) is 11.9 Å². The largest absolute Gasteiger partial charge is 0.358 e. The highest BCUT2D eigenvalue weighted by Crippen LogP contribution is 2.23. The standard InChI is InChI=1S/C23H27N3O/c1-17-20(21-9-5-6-10-22(21)24-17)13-16-26-14-11-19(12-15-26)25-23(27)18-7-3-2-4-8-18/h2-10,19,24H,11-16H2,1H3,(H,25,27). The number of nitrogens with one attached hydrogen (secondary N) is 2. The summed E-state index contributed by atoms with van der Waals surface area (Å²) in [5.41, 5.74) is 4.69. The van der Waals surface area contributed by atoms with Crippen molar-refractivity contribution in [1.29, 1.82) is 0 Å². The molecule has 0 atom stereocenters. The van der Waals surface area contributed by atoms with E-state index in [0.717, 1.165) is 44.5 Å². The van der Waals surface area contributed by atoms with Crippen LogP contribution in [0.2, 0.25) is 0 Å². The van der Waals surface area contributed by atoms with Gasteiger partial charge >= 0.3 is 0 Å². The Morgan fingerprint density at radius 2 is 1.78 bits per heavy atom. The van der Waals surface area contributed by atoms with Crippen molar-refractivity contribution in [1.82, 2.24) is 15.2 Å². The van der Waals surface area contributed by atoms with Crippen LogP contribution < -0.4 is 5.32 Å². The molecule has 2 aromatic carbocycles. The van der Waals surface area contributed by atoms with Crippen molar-refractivity contribution in [3.05, 3.63) is 71.4 Å². The minimum absolute atomic E-state index is 0.0449. The molecule has 1 aliphatic heterocycles. The van der Waals surface area contributed by atoms with Crippen LogP contribution in [0, 0.1) is 6.92 Å². The van der Waals surface area contributed by atoms with Crippen LogP contribution in [0.4, 0.5) is 0 Å². The predicted octanol–water partition coefficient (Wildman–Crippen LogP) is 3.91. The first kappa shape index (κ1) is 17.8.